The number of carbonyl (C=O) groups excluding carboxylic acids is 2. The summed E-state index contributed by atoms with van der Waals surface area (Å²) in [6.07, 6.45) is 5.31. The van der Waals surface area contributed by atoms with E-state index < -0.39 is 36.0 Å². The monoisotopic (exact) mass is 1070 g/mol. The van der Waals surface area contributed by atoms with Crippen molar-refractivity contribution in [3.8, 4) is 46.3 Å². The smallest absolute Gasteiger partial charge is 0.311 e. The maximum absolute atomic E-state index is 12.3. The highest BCUT2D eigenvalue weighted by Crippen LogP contribution is 2.39. The first-order valence-corrected chi connectivity index (χ1v) is 25.5. The zero-order valence-corrected chi connectivity index (χ0v) is 44.1. The van der Waals surface area contributed by atoms with Gasteiger partial charge >= 0.3 is 11.9 Å². The number of rotatable bonds is 19. The van der Waals surface area contributed by atoms with Gasteiger partial charge in [0.2, 0.25) is 0 Å². The molecule has 2 N–H and O–H groups in total. The van der Waals surface area contributed by atoms with Crippen LogP contribution in [-0.4, -0.2) is 94.5 Å². The summed E-state index contributed by atoms with van der Waals surface area (Å²) >= 11 is 13.9. The highest BCUT2D eigenvalue weighted by Gasteiger charge is 2.35. The fraction of sp³-hybridized carbons (Fsp3) is 0.345. The van der Waals surface area contributed by atoms with Crippen molar-refractivity contribution < 1.29 is 48.2 Å². The van der Waals surface area contributed by atoms with Gasteiger partial charge in [0.05, 0.1) is 59.4 Å². The topological polar surface area (TPSA) is 210 Å². The van der Waals surface area contributed by atoms with Gasteiger partial charge in [-0.25, -0.2) is 0 Å². The van der Waals surface area contributed by atoms with E-state index in [1.807, 2.05) is 34.1 Å². The lowest BCUT2D eigenvalue weighted by Crippen LogP contribution is -2.46. The molecule has 4 unspecified atom stereocenters. The number of aliphatic hydroxyl groups excluding tert-OH is 2. The molecule has 0 aliphatic carbocycles. The van der Waals surface area contributed by atoms with Gasteiger partial charge in [0, 0.05) is 85.4 Å². The number of benzene rings is 4. The van der Waals surface area contributed by atoms with Crippen LogP contribution in [0.2, 0.25) is 10.0 Å². The minimum absolute atomic E-state index is 0.120. The Balaban J connectivity index is 0.987. The number of piperidine rings is 2. The average molecular weight is 1070 g/mol. The second kappa shape index (κ2) is 25.5. The molecule has 4 aromatic carbocycles. The van der Waals surface area contributed by atoms with Crippen molar-refractivity contribution in [3.05, 3.63) is 163 Å². The van der Waals surface area contributed by atoms with Crippen LogP contribution >= 0.6 is 23.2 Å². The van der Waals surface area contributed by atoms with Crippen molar-refractivity contribution >= 4 is 35.1 Å². The molecule has 0 bridgehead atoms. The molecule has 2 fully saturated rings. The Morgan fingerprint density at radius 3 is 1.38 bits per heavy atom. The summed E-state index contributed by atoms with van der Waals surface area (Å²) in [4.78, 5) is 36.9. The number of methoxy groups -OCH3 is 2. The maximum Gasteiger partial charge on any atom is 0.311 e. The van der Waals surface area contributed by atoms with Crippen LogP contribution in [0.4, 0.5) is 0 Å². The Bertz CT molecular complexity index is 2950. The number of β-amino-alcohol motifs (C(OH)–C–C–N with tert-alkyl or cyclic N) is 2. The summed E-state index contributed by atoms with van der Waals surface area (Å²) in [7, 11) is 2.64. The first-order valence-electron chi connectivity index (χ1n) is 24.7. The second-order valence-electron chi connectivity index (χ2n) is 18.9. The zero-order chi connectivity index (χ0) is 53.9. The molecule has 0 amide bonds. The summed E-state index contributed by atoms with van der Waals surface area (Å²) in [5.74, 6) is -0.257. The van der Waals surface area contributed by atoms with E-state index in [9.17, 15) is 30.3 Å². The number of carbonyl (C=O) groups is 2. The Morgan fingerprint density at radius 2 is 1.00 bits per heavy atom. The number of aliphatic hydroxyl groups is 2. The first kappa shape index (κ1) is 55.0. The highest BCUT2D eigenvalue weighted by atomic mass is 35.5. The molecule has 0 spiro atoms. The van der Waals surface area contributed by atoms with Gasteiger partial charge in [-0.15, -0.1) is 0 Å². The third-order valence-corrected chi connectivity index (χ3v) is 14.5. The minimum atomic E-state index is -0.897. The van der Waals surface area contributed by atoms with Crippen LogP contribution in [0.3, 0.4) is 0 Å². The average Bonchev–Trinajstić information content (AvgIpc) is 3.44. The fourth-order valence-corrected chi connectivity index (χ4v) is 10.1. The van der Waals surface area contributed by atoms with Crippen LogP contribution in [-0.2, 0) is 58.6 Å². The highest BCUT2D eigenvalue weighted by molar-refractivity contribution is 6.32. The zero-order valence-electron chi connectivity index (χ0n) is 42.6. The van der Waals surface area contributed by atoms with E-state index in [4.69, 9.17) is 51.6 Å². The van der Waals surface area contributed by atoms with Crippen LogP contribution < -0.4 is 18.9 Å². The standard InChI is InChI=1S/C58H58Cl2N6O10/c1-35-41(33-75-55-19-53(73-31-39-15-37(21-61)23-63-25-39)43(17-49(55)59)27-65-13-11-47(51(67)29-65)57(69)71-3)7-5-9-45(35)46-10-6-8-42(36(46)2)34-76-56-20-54(74-32-40-16-38(22-62)24-64-26-40)44(18-50(56)60)28-66-14-12-48(52(68)30-66)58(70)72-4/h5-10,15-20,23-26,47-48,51-52,67-68H,11-14,27-34H2,1-4H3. The van der Waals surface area contributed by atoms with Gasteiger partial charge in [0.15, 0.2) is 0 Å². The van der Waals surface area contributed by atoms with Gasteiger partial charge in [-0.3, -0.25) is 29.4 Å². The molecule has 76 heavy (non-hydrogen) atoms. The molecule has 6 aromatic rings. The van der Waals surface area contributed by atoms with E-state index in [1.165, 1.54) is 26.6 Å². The molecule has 0 radical (unpaired) electrons. The van der Waals surface area contributed by atoms with Crippen molar-refractivity contribution in [2.45, 2.75) is 78.4 Å². The van der Waals surface area contributed by atoms with E-state index in [-0.39, 0.29) is 39.5 Å². The predicted molar refractivity (Wildman–Crippen MR) is 282 cm³/mol. The molecule has 4 atom stereocenters. The molecule has 2 aromatic heterocycles. The van der Waals surface area contributed by atoms with Crippen LogP contribution in [0.15, 0.2) is 97.6 Å². The van der Waals surface area contributed by atoms with Crippen molar-refractivity contribution in [2.24, 2.45) is 11.8 Å². The maximum atomic E-state index is 12.3. The van der Waals surface area contributed by atoms with Gasteiger partial charge in [-0.1, -0.05) is 59.6 Å². The van der Waals surface area contributed by atoms with Crippen LogP contribution in [0, 0.1) is 48.3 Å². The summed E-state index contributed by atoms with van der Waals surface area (Å²) in [5, 5.41) is 41.3. The fourth-order valence-electron chi connectivity index (χ4n) is 9.66. The number of esters is 2. The van der Waals surface area contributed by atoms with Crippen molar-refractivity contribution in [2.75, 3.05) is 40.4 Å². The lowest BCUT2D eigenvalue weighted by Gasteiger charge is -2.34. The van der Waals surface area contributed by atoms with E-state index in [0.717, 1.165) is 44.5 Å². The summed E-state index contributed by atoms with van der Waals surface area (Å²) in [5.41, 5.74) is 9.60. The summed E-state index contributed by atoms with van der Waals surface area (Å²) in [6, 6.07) is 26.9. The number of hydrogen-bond acceptors (Lipinski definition) is 16. The molecule has 2 aliphatic rings. The quantitative estimate of drug-likeness (QED) is 0.0726. The summed E-state index contributed by atoms with van der Waals surface area (Å²) < 4.78 is 35.5. The number of pyridine rings is 2. The Kier molecular flexibility index (Phi) is 18.4. The Hall–Kier alpha value is -7.28. The number of nitrogens with zero attached hydrogens (tertiary/aromatic N) is 6. The number of aromatic nitrogens is 2. The lowest BCUT2D eigenvalue weighted by molar-refractivity contribution is -0.153. The van der Waals surface area contributed by atoms with Crippen molar-refractivity contribution in [1.82, 2.24) is 19.8 Å². The number of ether oxygens (including phenoxy) is 6. The number of halogens is 2. The van der Waals surface area contributed by atoms with Crippen LogP contribution in [0.1, 0.15) is 68.5 Å². The Morgan fingerprint density at radius 1 is 0.592 bits per heavy atom. The minimum Gasteiger partial charge on any atom is -0.488 e. The van der Waals surface area contributed by atoms with Crippen molar-refractivity contribution in [1.29, 1.82) is 10.5 Å². The molecule has 18 heteroatoms. The van der Waals surface area contributed by atoms with E-state index >= 15 is 0 Å². The molecule has 8 rings (SSSR count). The van der Waals surface area contributed by atoms with Gasteiger partial charge in [-0.05, 0) is 97.4 Å². The van der Waals surface area contributed by atoms with Gasteiger partial charge in [0.25, 0.3) is 0 Å². The second-order valence-corrected chi connectivity index (χ2v) is 19.8. The molecule has 16 nitrogen and oxygen atoms in total. The lowest BCUT2D eigenvalue weighted by atomic mass is 9.92. The number of nitriles is 2. The molecule has 0 saturated carbocycles. The van der Waals surface area contributed by atoms with Crippen LogP contribution in [0.5, 0.6) is 23.0 Å². The predicted octanol–water partition coefficient (Wildman–Crippen LogP) is 8.84. The molecule has 2 saturated heterocycles. The summed E-state index contributed by atoms with van der Waals surface area (Å²) in [6.45, 7) is 7.06. The van der Waals surface area contributed by atoms with Gasteiger partial charge in [0.1, 0.15) is 61.6 Å². The van der Waals surface area contributed by atoms with Crippen molar-refractivity contribution in [3.63, 3.8) is 0 Å². The molecule has 4 heterocycles. The van der Waals surface area contributed by atoms with Gasteiger partial charge < -0.3 is 38.6 Å². The first-order chi connectivity index (χ1) is 36.7. The normalized spacial score (nSPS) is 17.7. The van der Waals surface area contributed by atoms with Crippen LogP contribution in [0.25, 0.3) is 11.1 Å². The molecular weight excluding hydrogens is 1010 g/mol. The largest absolute Gasteiger partial charge is 0.488 e. The molecule has 2 aliphatic heterocycles. The number of hydrogen-bond donors (Lipinski definition) is 2. The van der Waals surface area contributed by atoms with E-state index in [0.29, 0.717) is 94.3 Å². The SMILES string of the molecule is COC(=O)C1CCN(Cc2cc(Cl)c(OCc3cccc(-c4cccc(COc5cc(OCc6cncc(C#N)c6)c(CN6CCC(C(=O)OC)C(O)C6)cc5Cl)c4C)c3C)cc2OCc2cncc(C#N)c2)CC1O. The molecular formula is C58H58Cl2N6O10. The third-order valence-electron chi connectivity index (χ3n) is 13.9. The number of likely N-dealkylation sites (tertiary alicyclic amines) is 2. The Labute approximate surface area is 451 Å². The third kappa shape index (κ3) is 13.4. The molecule has 394 valence electrons. The van der Waals surface area contributed by atoms with E-state index in [1.54, 1.807) is 48.8 Å². The van der Waals surface area contributed by atoms with Gasteiger partial charge in [-0.2, -0.15) is 10.5 Å². The van der Waals surface area contributed by atoms with E-state index in [2.05, 4.69) is 48.1 Å².